The number of nitrogens with one attached hydrogen (secondary N) is 2. The number of carbonyl (C=O) groups excluding carboxylic acids is 4. The molecule has 3 amide bonds. The molecule has 0 aromatic heterocycles. The first-order chi connectivity index (χ1) is 21.8. The average molecular weight is 715 g/mol. The van der Waals surface area contributed by atoms with Gasteiger partial charge in [0.2, 0.25) is 5.91 Å². The molecule has 0 aliphatic heterocycles. The summed E-state index contributed by atoms with van der Waals surface area (Å²) >= 11 is 0. The van der Waals surface area contributed by atoms with E-state index in [9.17, 15) is 29.3 Å². The molecule has 48 heavy (non-hydrogen) atoms. The van der Waals surface area contributed by atoms with E-state index in [1.807, 2.05) is 0 Å². The van der Waals surface area contributed by atoms with Crippen LogP contribution in [0.2, 0.25) is 0 Å². The van der Waals surface area contributed by atoms with Crippen molar-refractivity contribution in [3.05, 3.63) is 76.3 Å². The summed E-state index contributed by atoms with van der Waals surface area (Å²) in [6.45, 7) is -0.778. The molecule has 0 aliphatic rings. The number of benzene rings is 2. The number of aliphatic imine (C=N–C) groups is 2. The zero-order chi connectivity index (χ0) is 34.1. The van der Waals surface area contributed by atoms with Gasteiger partial charge in [-0.15, -0.1) is 24.8 Å². The normalized spacial score (nSPS) is 11.9. The highest BCUT2D eigenvalue weighted by Gasteiger charge is 2.43. The topological polar surface area (TPSA) is 303 Å². The molecule has 0 saturated heterocycles. The Morgan fingerprint density at radius 3 is 1.98 bits per heavy atom. The summed E-state index contributed by atoms with van der Waals surface area (Å²) in [6.07, 6.45) is -0.0666. The zero-order valence-corrected chi connectivity index (χ0v) is 27.5. The Bertz CT molecular complexity index is 1410. The number of hydrogen-bond acceptors (Lipinski definition) is 10. The molecule has 2 aromatic rings. The molecule has 20 heteroatoms. The third kappa shape index (κ3) is 14.1. The van der Waals surface area contributed by atoms with Crippen LogP contribution in [0.5, 0.6) is 0 Å². The highest BCUT2D eigenvalue weighted by atomic mass is 35.5. The zero-order valence-electron chi connectivity index (χ0n) is 25.9. The van der Waals surface area contributed by atoms with Gasteiger partial charge in [0.1, 0.15) is 18.3 Å². The predicted molar refractivity (Wildman–Crippen MR) is 183 cm³/mol. The lowest BCUT2D eigenvalue weighted by Gasteiger charge is -2.26. The smallest absolute Gasteiger partial charge is 0.336 e. The minimum absolute atomic E-state index is 0. The third-order valence-electron chi connectivity index (χ3n) is 6.37. The van der Waals surface area contributed by atoms with Gasteiger partial charge in [-0.1, -0.05) is 48.5 Å². The lowest BCUT2D eigenvalue weighted by Crippen LogP contribution is -2.61. The molecule has 0 heterocycles. The number of ether oxygens (including phenoxy) is 1. The number of amides is 3. The van der Waals surface area contributed by atoms with Gasteiger partial charge in [-0.3, -0.25) is 24.4 Å². The fraction of sp³-hybridized carbons (Fsp3) is 0.357. The van der Waals surface area contributed by atoms with E-state index >= 15 is 0 Å². The van der Waals surface area contributed by atoms with Gasteiger partial charge in [0.15, 0.2) is 22.5 Å². The molecular formula is C28H41Cl2N11O7. The van der Waals surface area contributed by atoms with Crippen molar-refractivity contribution in [2.24, 2.45) is 38.7 Å². The predicted octanol–water partition coefficient (Wildman–Crippen LogP) is -0.796. The Kier molecular flexibility index (Phi) is 19.2. The third-order valence-corrected chi connectivity index (χ3v) is 6.37. The van der Waals surface area contributed by atoms with Crippen LogP contribution < -0.4 is 44.3 Å². The Morgan fingerprint density at radius 2 is 1.44 bits per heavy atom. The molecule has 0 bridgehead atoms. The van der Waals surface area contributed by atoms with Crippen molar-refractivity contribution < 1.29 is 28.9 Å². The second-order valence-corrected chi connectivity index (χ2v) is 9.92. The summed E-state index contributed by atoms with van der Waals surface area (Å²) < 4.78 is 5.30. The van der Waals surface area contributed by atoms with Gasteiger partial charge < -0.3 is 44.0 Å². The first-order valence-electron chi connectivity index (χ1n) is 14.1. The van der Waals surface area contributed by atoms with Gasteiger partial charge in [-0.05, 0) is 48.4 Å². The molecule has 0 saturated carbocycles. The van der Waals surface area contributed by atoms with E-state index in [4.69, 9.17) is 33.4 Å². The van der Waals surface area contributed by atoms with E-state index in [1.165, 1.54) is 24.3 Å². The Morgan fingerprint density at radius 1 is 0.896 bits per heavy atom. The van der Waals surface area contributed by atoms with Crippen LogP contribution in [0.4, 0.5) is 5.69 Å². The molecule has 2 rings (SSSR count). The standard InChI is InChI=1S/C28H39N11O7.2ClH/c29-26(30)34-15-7-13-21(23(41)38(39(44)45)20-11-5-2-6-12-20)37-22(40)17-36-24(42)28(33,14-8-16-35-27(31)32)25(43)46-18-19-9-3-1-4-10-19;;/h1-6,9-12,21H,7-8,13-18,33H2,(H,36,42)(H,37,40)(H4,29,30,34)(H4,31,32,35);2*1H/t21-,28+;;/m0../s1. The number of anilines is 1. The molecule has 12 N–H and O–H groups in total. The van der Waals surface area contributed by atoms with Gasteiger partial charge in [0.05, 0.1) is 6.54 Å². The van der Waals surface area contributed by atoms with Crippen molar-refractivity contribution in [2.75, 3.05) is 24.6 Å². The van der Waals surface area contributed by atoms with E-state index in [0.717, 1.165) is 0 Å². The van der Waals surface area contributed by atoms with Crippen molar-refractivity contribution in [1.82, 2.24) is 10.6 Å². The van der Waals surface area contributed by atoms with Crippen molar-refractivity contribution in [2.45, 2.75) is 43.9 Å². The van der Waals surface area contributed by atoms with E-state index in [0.29, 0.717) is 10.6 Å². The van der Waals surface area contributed by atoms with Crippen LogP contribution in [0.25, 0.3) is 0 Å². The number of hydrogen-bond donors (Lipinski definition) is 7. The largest absolute Gasteiger partial charge is 0.459 e. The first kappa shape index (κ1) is 42.8. The molecule has 0 unspecified atom stereocenters. The number of nitrogens with two attached hydrogens (primary N) is 5. The highest BCUT2D eigenvalue weighted by Crippen LogP contribution is 2.17. The fourth-order valence-electron chi connectivity index (χ4n) is 4.07. The molecule has 0 aliphatic carbocycles. The number of guanidine groups is 2. The van der Waals surface area contributed by atoms with Gasteiger partial charge in [-0.25, -0.2) is 14.9 Å². The molecule has 2 atom stereocenters. The van der Waals surface area contributed by atoms with Crippen LogP contribution >= 0.6 is 24.8 Å². The van der Waals surface area contributed by atoms with Gasteiger partial charge >= 0.3 is 11.9 Å². The van der Waals surface area contributed by atoms with Gasteiger partial charge in [-0.2, -0.15) is 0 Å². The van der Waals surface area contributed by atoms with Gasteiger partial charge in [0, 0.05) is 13.1 Å². The molecule has 18 nitrogen and oxygen atoms in total. The Labute approximate surface area is 288 Å². The minimum Gasteiger partial charge on any atom is -0.459 e. The summed E-state index contributed by atoms with van der Waals surface area (Å²) in [5.74, 6) is -4.45. The van der Waals surface area contributed by atoms with Crippen molar-refractivity contribution in [3.63, 3.8) is 0 Å². The summed E-state index contributed by atoms with van der Waals surface area (Å²) in [5.41, 5.74) is 25.9. The minimum atomic E-state index is -2.24. The van der Waals surface area contributed by atoms with Crippen molar-refractivity contribution in [3.8, 4) is 0 Å². The Hall–Kier alpha value is -5.20. The highest BCUT2D eigenvalue weighted by molar-refractivity contribution is 6.08. The number of hydrazine groups is 1. The Balaban J connectivity index is 0.0000110. The van der Waals surface area contributed by atoms with E-state index in [1.54, 1.807) is 36.4 Å². The number of halogens is 2. The molecule has 2 aromatic carbocycles. The maximum Gasteiger partial charge on any atom is 0.336 e. The van der Waals surface area contributed by atoms with E-state index in [2.05, 4.69) is 20.6 Å². The summed E-state index contributed by atoms with van der Waals surface area (Å²) in [5, 5.41) is 15.9. The molecule has 0 spiro atoms. The maximum absolute atomic E-state index is 13.3. The van der Waals surface area contributed by atoms with Crippen LogP contribution in [0.3, 0.4) is 0 Å². The summed E-state index contributed by atoms with van der Waals surface area (Å²) in [4.78, 5) is 72.0. The first-order valence-corrected chi connectivity index (χ1v) is 14.1. The number of para-hydroxylation sites is 1. The monoisotopic (exact) mass is 713 g/mol. The van der Waals surface area contributed by atoms with Crippen LogP contribution in [-0.4, -0.2) is 71.9 Å². The van der Waals surface area contributed by atoms with Crippen molar-refractivity contribution >= 4 is 66.1 Å². The quantitative estimate of drug-likeness (QED) is 0.0190. The van der Waals surface area contributed by atoms with Crippen molar-refractivity contribution in [1.29, 1.82) is 0 Å². The molecule has 0 radical (unpaired) electrons. The molecular weight excluding hydrogens is 673 g/mol. The van der Waals surface area contributed by atoms with Crippen LogP contribution in [0.15, 0.2) is 70.6 Å². The van der Waals surface area contributed by atoms with E-state index < -0.39 is 46.8 Å². The molecule has 264 valence electrons. The average Bonchev–Trinajstić information content (AvgIpc) is 3.02. The lowest BCUT2D eigenvalue weighted by molar-refractivity contribution is -0.484. The fourth-order valence-corrected chi connectivity index (χ4v) is 4.07. The van der Waals surface area contributed by atoms with Gasteiger partial charge in [0.25, 0.3) is 5.91 Å². The number of esters is 1. The molecule has 0 fully saturated rings. The van der Waals surface area contributed by atoms with Crippen LogP contribution in [0, 0.1) is 10.1 Å². The van der Waals surface area contributed by atoms with Crippen LogP contribution in [0.1, 0.15) is 31.2 Å². The summed E-state index contributed by atoms with van der Waals surface area (Å²) in [7, 11) is 0. The second-order valence-electron chi connectivity index (χ2n) is 9.92. The number of rotatable bonds is 18. The number of nitrogens with zero attached hydrogens (tertiary/aromatic N) is 4. The summed E-state index contributed by atoms with van der Waals surface area (Å²) in [6, 6.07) is 14.6. The number of nitro groups is 1. The van der Waals surface area contributed by atoms with Crippen LogP contribution in [-0.2, 0) is 30.5 Å². The maximum atomic E-state index is 13.3. The second kappa shape index (κ2) is 21.6. The SMILES string of the molecule is Cl.Cl.NC(N)=NCCC[C@H](NC(=O)CNC(=O)[C@](N)(CCCN=C(N)N)C(=O)OCc1ccccc1)C(=O)N(c1ccccc1)[N+](=O)[O-]. The number of carbonyl (C=O) groups is 4. The van der Waals surface area contributed by atoms with E-state index in [-0.39, 0.29) is 87.8 Å². The lowest BCUT2D eigenvalue weighted by atomic mass is 9.93.